The van der Waals surface area contributed by atoms with Crippen molar-refractivity contribution in [2.24, 2.45) is 5.92 Å². The molecular weight excluding hydrogens is 558 g/mol. The van der Waals surface area contributed by atoms with E-state index < -0.39 is 41.5 Å². The molecule has 0 aromatic heterocycles. The highest BCUT2D eigenvalue weighted by molar-refractivity contribution is 5.69. The molecule has 1 aliphatic carbocycles. The maximum absolute atomic E-state index is 14.4. The number of nitrogens with zero attached hydrogens (tertiary/aromatic N) is 2. The van der Waals surface area contributed by atoms with Gasteiger partial charge in [0.15, 0.2) is 0 Å². The van der Waals surface area contributed by atoms with Gasteiger partial charge in [-0.1, -0.05) is 72.3 Å². The topological polar surface area (TPSA) is 53.0 Å². The summed E-state index contributed by atoms with van der Waals surface area (Å²) in [5.74, 6) is -1.04. The smallest absolute Gasteiger partial charge is 0.410 e. The van der Waals surface area contributed by atoms with Gasteiger partial charge in [-0.3, -0.25) is 9.80 Å². The molecule has 1 saturated heterocycles. The number of carbonyl (C=O) groups excluding carboxylic acids is 1. The quantitative estimate of drug-likeness (QED) is 0.255. The lowest BCUT2D eigenvalue weighted by atomic mass is 9.77. The Kier molecular flexibility index (Phi) is 10.2. The van der Waals surface area contributed by atoms with Gasteiger partial charge >= 0.3 is 6.09 Å². The van der Waals surface area contributed by atoms with E-state index in [4.69, 9.17) is 4.74 Å². The van der Waals surface area contributed by atoms with Crippen LogP contribution >= 0.6 is 0 Å². The molecule has 0 bridgehead atoms. The molecule has 1 fully saturated rings. The number of rotatable bonds is 9. The Labute approximate surface area is 260 Å². The summed E-state index contributed by atoms with van der Waals surface area (Å²) in [4.78, 5) is 17.5. The summed E-state index contributed by atoms with van der Waals surface area (Å²) in [6.45, 7) is 6.93. The number of carbonyl (C=O) groups is 1. The second-order valence-electron chi connectivity index (χ2n) is 13.2. The molecule has 44 heavy (non-hydrogen) atoms. The third-order valence-electron chi connectivity index (χ3n) is 8.68. The number of piperidine rings is 1. The molecule has 0 saturated carbocycles. The van der Waals surface area contributed by atoms with Crippen LogP contribution in [-0.4, -0.2) is 51.3 Å². The van der Waals surface area contributed by atoms with E-state index in [1.165, 1.54) is 17.7 Å². The van der Waals surface area contributed by atoms with Crippen LogP contribution in [0.25, 0.3) is 0 Å². The summed E-state index contributed by atoms with van der Waals surface area (Å²) in [5, 5.41) is 12.5. The van der Waals surface area contributed by atoms with E-state index in [2.05, 4.69) is 11.0 Å². The van der Waals surface area contributed by atoms with Gasteiger partial charge in [0.2, 0.25) is 0 Å². The predicted octanol–water partition coefficient (Wildman–Crippen LogP) is 7.68. The van der Waals surface area contributed by atoms with Crippen LogP contribution < -0.4 is 0 Å². The average Bonchev–Trinajstić information content (AvgIpc) is 2.98. The number of halogens is 2. The largest absolute Gasteiger partial charge is 0.444 e. The molecule has 5 nitrogen and oxygen atoms in total. The SMILES string of the molecule is CC(C)(C)OC(=O)N1CC2=CCCCC2CC1C(O)C(Cc1cc(F)cc(F)c1)N(Cc1ccccc1)Cc1ccccc1. The lowest BCUT2D eigenvalue weighted by molar-refractivity contribution is -0.0469. The molecule has 3 aromatic rings. The number of benzene rings is 3. The standard InChI is InChI=1S/C37H44F2N2O3/c1-37(2,3)44-36(43)41-25-30-17-11-10-16-29(30)21-34(41)35(42)33(20-28-18-31(38)22-32(39)19-28)40(23-26-12-6-4-7-13-26)24-27-14-8-5-9-15-27/h4-9,12-15,17-19,22,29,33-35,42H,10-11,16,20-21,23-25H2,1-3H3. The first-order valence-corrected chi connectivity index (χ1v) is 15.7. The van der Waals surface area contributed by atoms with Crippen molar-refractivity contribution in [1.82, 2.24) is 9.80 Å². The maximum Gasteiger partial charge on any atom is 0.410 e. The van der Waals surface area contributed by atoms with Crippen LogP contribution in [0, 0.1) is 17.6 Å². The number of hydrogen-bond acceptors (Lipinski definition) is 4. The van der Waals surface area contributed by atoms with E-state index in [1.807, 2.05) is 81.4 Å². The van der Waals surface area contributed by atoms with Crippen LogP contribution in [0.3, 0.4) is 0 Å². The van der Waals surface area contributed by atoms with E-state index in [-0.39, 0.29) is 12.3 Å². The second-order valence-corrected chi connectivity index (χ2v) is 13.2. The molecule has 1 amide bonds. The summed E-state index contributed by atoms with van der Waals surface area (Å²) in [6, 6.07) is 22.4. The van der Waals surface area contributed by atoms with Gasteiger partial charge in [-0.05, 0) is 87.6 Å². The van der Waals surface area contributed by atoms with Crippen molar-refractivity contribution >= 4 is 6.09 Å². The molecule has 5 rings (SSSR count). The number of aliphatic hydroxyl groups excluding tert-OH is 1. The number of likely N-dealkylation sites (tertiary alicyclic amines) is 1. The number of amides is 1. The van der Waals surface area contributed by atoms with E-state index in [0.29, 0.717) is 31.6 Å². The van der Waals surface area contributed by atoms with E-state index in [1.54, 1.807) is 4.90 Å². The summed E-state index contributed by atoms with van der Waals surface area (Å²) in [6.07, 6.45) is 4.61. The highest BCUT2D eigenvalue weighted by atomic mass is 19.1. The van der Waals surface area contributed by atoms with Crippen LogP contribution in [0.1, 0.15) is 63.1 Å². The molecule has 4 atom stereocenters. The number of allylic oxidation sites excluding steroid dienone is 1. The first-order chi connectivity index (χ1) is 21.1. The van der Waals surface area contributed by atoms with Crippen LogP contribution in [0.15, 0.2) is 90.5 Å². The van der Waals surface area contributed by atoms with Gasteiger partial charge in [0, 0.05) is 31.7 Å². The molecular formula is C37H44F2N2O3. The Morgan fingerprint density at radius 2 is 1.55 bits per heavy atom. The van der Waals surface area contributed by atoms with Crippen molar-refractivity contribution in [3.05, 3.63) is 119 Å². The third kappa shape index (κ3) is 8.33. The molecule has 7 heteroatoms. The summed E-state index contributed by atoms with van der Waals surface area (Å²) in [5.41, 5.74) is 3.08. The van der Waals surface area contributed by atoms with Crippen molar-refractivity contribution in [2.75, 3.05) is 6.54 Å². The Bertz CT molecular complexity index is 1360. The lowest BCUT2D eigenvalue weighted by Crippen LogP contribution is -2.59. The van der Waals surface area contributed by atoms with Crippen molar-refractivity contribution in [3.8, 4) is 0 Å². The maximum atomic E-state index is 14.4. The zero-order valence-corrected chi connectivity index (χ0v) is 26.0. The summed E-state index contributed by atoms with van der Waals surface area (Å²) >= 11 is 0. The van der Waals surface area contributed by atoms with Crippen molar-refractivity contribution in [1.29, 1.82) is 0 Å². The predicted molar refractivity (Wildman–Crippen MR) is 169 cm³/mol. The summed E-state index contributed by atoms with van der Waals surface area (Å²) < 4.78 is 34.8. The number of hydrogen-bond donors (Lipinski definition) is 1. The van der Waals surface area contributed by atoms with Gasteiger partial charge in [-0.15, -0.1) is 0 Å². The van der Waals surface area contributed by atoms with Crippen LogP contribution in [0.5, 0.6) is 0 Å². The molecule has 4 unspecified atom stereocenters. The molecule has 1 N–H and O–H groups in total. The lowest BCUT2D eigenvalue weighted by Gasteiger charge is -2.47. The van der Waals surface area contributed by atoms with Gasteiger partial charge in [0.1, 0.15) is 17.2 Å². The number of fused-ring (bicyclic) bond motifs is 1. The van der Waals surface area contributed by atoms with Crippen LogP contribution in [0.4, 0.5) is 13.6 Å². The Morgan fingerprint density at radius 3 is 2.11 bits per heavy atom. The monoisotopic (exact) mass is 602 g/mol. The van der Waals surface area contributed by atoms with E-state index in [0.717, 1.165) is 36.5 Å². The molecule has 0 spiro atoms. The highest BCUT2D eigenvalue weighted by Gasteiger charge is 2.44. The number of ether oxygens (including phenoxy) is 1. The Hall–Kier alpha value is -3.55. The molecule has 0 radical (unpaired) electrons. The van der Waals surface area contributed by atoms with Crippen molar-refractivity contribution in [2.45, 2.75) is 89.8 Å². The minimum Gasteiger partial charge on any atom is -0.444 e. The summed E-state index contributed by atoms with van der Waals surface area (Å²) in [7, 11) is 0. The molecule has 2 aliphatic rings. The first kappa shape index (κ1) is 31.9. The normalized spacial score (nSPS) is 20.1. The second kappa shape index (κ2) is 14.0. The third-order valence-corrected chi connectivity index (χ3v) is 8.68. The van der Waals surface area contributed by atoms with Gasteiger partial charge < -0.3 is 9.84 Å². The first-order valence-electron chi connectivity index (χ1n) is 15.7. The fraction of sp³-hybridized carbons (Fsp3) is 0.432. The number of aliphatic hydroxyl groups is 1. The van der Waals surface area contributed by atoms with Crippen LogP contribution in [-0.2, 0) is 24.2 Å². The fourth-order valence-electron chi connectivity index (χ4n) is 6.66. The van der Waals surface area contributed by atoms with Gasteiger partial charge in [-0.2, -0.15) is 0 Å². The zero-order chi connectivity index (χ0) is 31.3. The van der Waals surface area contributed by atoms with E-state index in [9.17, 15) is 18.7 Å². The Balaban J connectivity index is 1.56. The van der Waals surface area contributed by atoms with Crippen molar-refractivity contribution < 1.29 is 23.4 Å². The average molecular weight is 603 g/mol. The molecule has 3 aromatic carbocycles. The fourth-order valence-corrected chi connectivity index (χ4v) is 6.66. The minimum absolute atomic E-state index is 0.196. The van der Waals surface area contributed by atoms with E-state index >= 15 is 0 Å². The molecule has 1 heterocycles. The Morgan fingerprint density at radius 1 is 0.955 bits per heavy atom. The molecule has 1 aliphatic heterocycles. The van der Waals surface area contributed by atoms with Gasteiger partial charge in [0.25, 0.3) is 0 Å². The van der Waals surface area contributed by atoms with Gasteiger partial charge in [0.05, 0.1) is 12.1 Å². The van der Waals surface area contributed by atoms with Gasteiger partial charge in [-0.25, -0.2) is 13.6 Å². The highest BCUT2D eigenvalue weighted by Crippen LogP contribution is 2.38. The minimum atomic E-state index is -1.02. The molecule has 234 valence electrons. The zero-order valence-electron chi connectivity index (χ0n) is 26.0. The van der Waals surface area contributed by atoms with Crippen LogP contribution in [0.2, 0.25) is 0 Å². The van der Waals surface area contributed by atoms with Crippen molar-refractivity contribution in [3.63, 3.8) is 0 Å².